The summed E-state index contributed by atoms with van der Waals surface area (Å²) in [6.07, 6.45) is 3.19. The van der Waals surface area contributed by atoms with Crippen LogP contribution in [0.5, 0.6) is 0 Å². The number of rotatable bonds is 5. The molecule has 0 saturated carbocycles. The largest absolute Gasteiger partial charge is 0.382 e. The van der Waals surface area contributed by atoms with Crippen LogP contribution in [0.2, 0.25) is 0 Å². The van der Waals surface area contributed by atoms with Crippen molar-refractivity contribution in [3.05, 3.63) is 48.3 Å². The van der Waals surface area contributed by atoms with Gasteiger partial charge in [0.15, 0.2) is 0 Å². The van der Waals surface area contributed by atoms with Crippen LogP contribution in [0, 0.1) is 0 Å². The SMILES string of the molecule is CCCC(O)(CN)c1ccnn1-c1ccccc1. The zero-order valence-electron chi connectivity index (χ0n) is 10.6. The van der Waals surface area contributed by atoms with Gasteiger partial charge in [-0.1, -0.05) is 31.5 Å². The van der Waals surface area contributed by atoms with E-state index in [-0.39, 0.29) is 6.54 Å². The zero-order valence-corrected chi connectivity index (χ0v) is 10.6. The normalized spacial score (nSPS) is 14.4. The summed E-state index contributed by atoms with van der Waals surface area (Å²) in [4.78, 5) is 0. The highest BCUT2D eigenvalue weighted by molar-refractivity contribution is 5.34. The topological polar surface area (TPSA) is 64.1 Å². The molecule has 0 aliphatic carbocycles. The molecule has 0 aliphatic rings. The Labute approximate surface area is 107 Å². The summed E-state index contributed by atoms with van der Waals surface area (Å²) in [5.74, 6) is 0. The van der Waals surface area contributed by atoms with E-state index in [1.807, 2.05) is 43.3 Å². The van der Waals surface area contributed by atoms with Crippen LogP contribution in [-0.2, 0) is 5.60 Å². The standard InChI is InChI=1S/C14H19N3O/c1-2-9-14(18,11-15)13-8-10-16-17(13)12-6-4-3-5-7-12/h3-8,10,18H,2,9,11,15H2,1H3. The van der Waals surface area contributed by atoms with Crippen molar-refractivity contribution in [1.29, 1.82) is 0 Å². The van der Waals surface area contributed by atoms with E-state index >= 15 is 0 Å². The molecule has 2 aromatic rings. The molecule has 1 atom stereocenters. The number of para-hydroxylation sites is 1. The Kier molecular flexibility index (Phi) is 3.79. The summed E-state index contributed by atoms with van der Waals surface area (Å²) in [6, 6.07) is 11.6. The van der Waals surface area contributed by atoms with Crippen LogP contribution in [0.15, 0.2) is 42.6 Å². The van der Waals surface area contributed by atoms with Gasteiger partial charge in [-0.2, -0.15) is 5.10 Å². The van der Waals surface area contributed by atoms with E-state index in [1.54, 1.807) is 10.9 Å². The third kappa shape index (κ3) is 2.30. The first-order chi connectivity index (χ1) is 8.71. The number of hydrogen-bond acceptors (Lipinski definition) is 3. The Morgan fingerprint density at radius 2 is 2.00 bits per heavy atom. The second-order valence-electron chi connectivity index (χ2n) is 4.45. The van der Waals surface area contributed by atoms with Crippen LogP contribution in [0.4, 0.5) is 0 Å². The van der Waals surface area contributed by atoms with Crippen LogP contribution in [0.1, 0.15) is 25.5 Å². The number of hydrogen-bond donors (Lipinski definition) is 2. The first-order valence-corrected chi connectivity index (χ1v) is 6.23. The minimum absolute atomic E-state index is 0.194. The Balaban J connectivity index is 2.44. The molecule has 1 heterocycles. The molecule has 1 aromatic carbocycles. The quantitative estimate of drug-likeness (QED) is 0.844. The molecule has 0 fully saturated rings. The van der Waals surface area contributed by atoms with Crippen LogP contribution >= 0.6 is 0 Å². The lowest BCUT2D eigenvalue weighted by Crippen LogP contribution is -2.36. The van der Waals surface area contributed by atoms with Gasteiger partial charge in [0.2, 0.25) is 0 Å². The fourth-order valence-electron chi connectivity index (χ4n) is 2.18. The van der Waals surface area contributed by atoms with Gasteiger partial charge in [0.1, 0.15) is 5.60 Å². The Bertz CT molecular complexity index is 495. The molecule has 0 aliphatic heterocycles. The molecule has 1 unspecified atom stereocenters. The lowest BCUT2D eigenvalue weighted by atomic mass is 9.94. The maximum absolute atomic E-state index is 10.6. The molecule has 1 aromatic heterocycles. The molecule has 0 radical (unpaired) electrons. The summed E-state index contributed by atoms with van der Waals surface area (Å²) in [7, 11) is 0. The minimum Gasteiger partial charge on any atom is -0.382 e. The molecule has 0 saturated heterocycles. The molecule has 0 amide bonds. The fraction of sp³-hybridized carbons (Fsp3) is 0.357. The van der Waals surface area contributed by atoms with Gasteiger partial charge >= 0.3 is 0 Å². The van der Waals surface area contributed by atoms with Crippen molar-refractivity contribution < 1.29 is 5.11 Å². The number of nitrogens with two attached hydrogens (primary N) is 1. The van der Waals surface area contributed by atoms with Gasteiger partial charge in [-0.3, -0.25) is 0 Å². The van der Waals surface area contributed by atoms with Gasteiger partial charge in [0, 0.05) is 12.7 Å². The molecule has 3 N–H and O–H groups in total. The molecular weight excluding hydrogens is 226 g/mol. The summed E-state index contributed by atoms with van der Waals surface area (Å²) in [5.41, 5.74) is 6.41. The van der Waals surface area contributed by atoms with Crippen LogP contribution in [0.3, 0.4) is 0 Å². The fourth-order valence-corrected chi connectivity index (χ4v) is 2.18. The molecule has 0 spiro atoms. The highest BCUT2D eigenvalue weighted by atomic mass is 16.3. The van der Waals surface area contributed by atoms with Crippen LogP contribution in [0.25, 0.3) is 5.69 Å². The van der Waals surface area contributed by atoms with Crippen molar-refractivity contribution in [3.63, 3.8) is 0 Å². The molecule has 18 heavy (non-hydrogen) atoms. The number of aromatic nitrogens is 2. The number of benzene rings is 1. The van der Waals surface area contributed by atoms with E-state index in [9.17, 15) is 5.11 Å². The predicted molar refractivity (Wildman–Crippen MR) is 71.4 cm³/mol. The average Bonchev–Trinajstić information content (AvgIpc) is 2.90. The first-order valence-electron chi connectivity index (χ1n) is 6.23. The highest BCUT2D eigenvalue weighted by Gasteiger charge is 2.30. The average molecular weight is 245 g/mol. The highest BCUT2D eigenvalue weighted by Crippen LogP contribution is 2.27. The molecule has 96 valence electrons. The lowest BCUT2D eigenvalue weighted by molar-refractivity contribution is 0.0292. The van der Waals surface area contributed by atoms with E-state index in [0.717, 1.165) is 17.8 Å². The summed E-state index contributed by atoms with van der Waals surface area (Å²) in [5, 5.41) is 14.9. The molecule has 4 heteroatoms. The van der Waals surface area contributed by atoms with Crippen molar-refractivity contribution in [2.24, 2.45) is 5.73 Å². The van der Waals surface area contributed by atoms with Crippen molar-refractivity contribution in [1.82, 2.24) is 9.78 Å². The summed E-state index contributed by atoms with van der Waals surface area (Å²) < 4.78 is 1.75. The summed E-state index contributed by atoms with van der Waals surface area (Å²) >= 11 is 0. The maximum atomic E-state index is 10.6. The second kappa shape index (κ2) is 5.33. The van der Waals surface area contributed by atoms with Crippen molar-refractivity contribution in [3.8, 4) is 5.69 Å². The van der Waals surface area contributed by atoms with E-state index < -0.39 is 5.60 Å². The van der Waals surface area contributed by atoms with Crippen LogP contribution < -0.4 is 5.73 Å². The number of aliphatic hydroxyl groups is 1. The van der Waals surface area contributed by atoms with E-state index in [4.69, 9.17) is 5.73 Å². The van der Waals surface area contributed by atoms with Gasteiger partial charge in [-0.25, -0.2) is 4.68 Å². The third-order valence-corrected chi connectivity index (χ3v) is 3.12. The lowest BCUT2D eigenvalue weighted by Gasteiger charge is -2.27. The molecular formula is C14H19N3O. The van der Waals surface area contributed by atoms with Gasteiger partial charge in [0.05, 0.1) is 11.4 Å². The van der Waals surface area contributed by atoms with Gasteiger partial charge in [-0.15, -0.1) is 0 Å². The van der Waals surface area contributed by atoms with E-state index in [2.05, 4.69) is 5.10 Å². The Hall–Kier alpha value is -1.65. The summed E-state index contributed by atoms with van der Waals surface area (Å²) in [6.45, 7) is 2.23. The minimum atomic E-state index is -1.01. The number of nitrogens with zero attached hydrogens (tertiary/aromatic N) is 2. The van der Waals surface area contributed by atoms with Crippen molar-refractivity contribution >= 4 is 0 Å². The Morgan fingerprint density at radius 1 is 1.28 bits per heavy atom. The first kappa shape index (κ1) is 12.8. The molecule has 0 bridgehead atoms. The monoisotopic (exact) mass is 245 g/mol. The second-order valence-corrected chi connectivity index (χ2v) is 4.45. The van der Waals surface area contributed by atoms with Crippen molar-refractivity contribution in [2.75, 3.05) is 6.54 Å². The van der Waals surface area contributed by atoms with Crippen molar-refractivity contribution in [2.45, 2.75) is 25.4 Å². The predicted octanol–water partition coefficient (Wildman–Crippen LogP) is 1.82. The Morgan fingerprint density at radius 3 is 2.61 bits per heavy atom. The smallest absolute Gasteiger partial charge is 0.119 e. The van der Waals surface area contributed by atoms with E-state index in [0.29, 0.717) is 6.42 Å². The van der Waals surface area contributed by atoms with Gasteiger partial charge < -0.3 is 10.8 Å². The van der Waals surface area contributed by atoms with E-state index in [1.165, 1.54) is 0 Å². The molecule has 4 nitrogen and oxygen atoms in total. The molecule has 2 rings (SSSR count). The third-order valence-electron chi connectivity index (χ3n) is 3.12. The maximum Gasteiger partial charge on any atom is 0.119 e. The zero-order chi connectivity index (χ0) is 13.0. The van der Waals surface area contributed by atoms with Crippen LogP contribution in [-0.4, -0.2) is 21.4 Å². The van der Waals surface area contributed by atoms with Gasteiger partial charge in [0.25, 0.3) is 0 Å². The van der Waals surface area contributed by atoms with Gasteiger partial charge in [-0.05, 0) is 24.6 Å².